The van der Waals surface area contributed by atoms with Crippen LogP contribution in [-0.2, 0) is 15.4 Å². The summed E-state index contributed by atoms with van der Waals surface area (Å²) in [6, 6.07) is 14.3. The normalized spacial score (nSPS) is 19.6. The van der Waals surface area contributed by atoms with Gasteiger partial charge in [0.25, 0.3) is 5.91 Å². The van der Waals surface area contributed by atoms with E-state index in [1.807, 2.05) is 25.3 Å². The fourth-order valence-corrected chi connectivity index (χ4v) is 6.01. The minimum atomic E-state index is -3.58. The molecule has 0 bridgehead atoms. The molecule has 0 saturated carbocycles. The van der Waals surface area contributed by atoms with E-state index in [9.17, 15) is 13.2 Å². The molecule has 1 amide bonds. The van der Waals surface area contributed by atoms with Crippen molar-refractivity contribution in [2.45, 2.75) is 37.0 Å². The molecule has 0 spiro atoms. The number of anilines is 1. The van der Waals surface area contributed by atoms with Crippen molar-refractivity contribution in [2.75, 3.05) is 25.0 Å². The van der Waals surface area contributed by atoms with Gasteiger partial charge in [-0.2, -0.15) is 9.41 Å². The minimum Gasteiger partial charge on any atom is -0.347 e. The molecule has 4 rings (SSSR count). The van der Waals surface area contributed by atoms with E-state index >= 15 is 0 Å². The van der Waals surface area contributed by atoms with Crippen LogP contribution in [0.2, 0.25) is 0 Å². The number of hydrogen-bond acceptors (Lipinski definition) is 5. The predicted molar refractivity (Wildman–Crippen MR) is 126 cm³/mol. The van der Waals surface area contributed by atoms with E-state index in [-0.39, 0.29) is 15.9 Å². The molecule has 2 aliphatic heterocycles. The lowest BCUT2D eigenvalue weighted by molar-refractivity contribution is 0.0955. The number of amides is 1. The van der Waals surface area contributed by atoms with Crippen LogP contribution >= 0.6 is 0 Å². The van der Waals surface area contributed by atoms with Gasteiger partial charge in [-0.05, 0) is 48.7 Å². The van der Waals surface area contributed by atoms with Gasteiger partial charge in [0.2, 0.25) is 10.0 Å². The van der Waals surface area contributed by atoms with Gasteiger partial charge in [-0.1, -0.05) is 38.1 Å². The first-order chi connectivity index (χ1) is 15.2. The Bertz CT molecular complexity index is 1200. The second-order valence-electron chi connectivity index (χ2n) is 8.61. The molecule has 0 aromatic heterocycles. The molecule has 0 radical (unpaired) electrons. The van der Waals surface area contributed by atoms with Crippen molar-refractivity contribution in [3.05, 3.63) is 71.4 Å². The van der Waals surface area contributed by atoms with Crippen LogP contribution in [0.1, 0.15) is 42.6 Å². The Morgan fingerprint density at radius 3 is 2.53 bits per heavy atom. The van der Waals surface area contributed by atoms with Crippen molar-refractivity contribution in [1.82, 2.24) is 9.73 Å². The highest BCUT2D eigenvalue weighted by atomic mass is 32.2. The average Bonchev–Trinajstić information content (AvgIpc) is 3.39. The molecule has 0 aliphatic carbocycles. The van der Waals surface area contributed by atoms with E-state index in [4.69, 9.17) is 0 Å². The van der Waals surface area contributed by atoms with Crippen molar-refractivity contribution < 1.29 is 13.2 Å². The lowest BCUT2D eigenvalue weighted by atomic mass is 9.84. The number of nitrogens with zero attached hydrogens (tertiary/aromatic N) is 3. The average molecular weight is 453 g/mol. The van der Waals surface area contributed by atoms with Gasteiger partial charge in [-0.15, -0.1) is 0 Å². The zero-order valence-electron chi connectivity index (χ0n) is 18.6. The van der Waals surface area contributed by atoms with E-state index < -0.39 is 15.9 Å². The van der Waals surface area contributed by atoms with Crippen LogP contribution in [0.4, 0.5) is 5.69 Å². The largest absolute Gasteiger partial charge is 0.347 e. The minimum absolute atomic E-state index is 0.130. The van der Waals surface area contributed by atoms with Crippen molar-refractivity contribution in [1.29, 1.82) is 0 Å². The topological polar surface area (TPSA) is 82.1 Å². The number of para-hydroxylation sites is 1. The second kappa shape index (κ2) is 8.52. The van der Waals surface area contributed by atoms with Crippen molar-refractivity contribution in [2.24, 2.45) is 5.10 Å². The summed E-state index contributed by atoms with van der Waals surface area (Å²) in [5, 5.41) is 4.06. The van der Waals surface area contributed by atoms with Gasteiger partial charge in [0.15, 0.2) is 0 Å². The number of allylic oxidation sites excluding steroid dienone is 2. The van der Waals surface area contributed by atoms with E-state index in [2.05, 4.69) is 41.4 Å². The van der Waals surface area contributed by atoms with Crippen LogP contribution in [0.5, 0.6) is 0 Å². The number of carbonyl (C=O) groups is 1. The molecule has 168 valence electrons. The summed E-state index contributed by atoms with van der Waals surface area (Å²) >= 11 is 0. The van der Waals surface area contributed by atoms with Crippen LogP contribution in [0.25, 0.3) is 0 Å². The van der Waals surface area contributed by atoms with E-state index in [0.717, 1.165) is 24.2 Å². The van der Waals surface area contributed by atoms with Crippen LogP contribution in [0, 0.1) is 0 Å². The molecule has 2 aromatic rings. The first-order valence-corrected chi connectivity index (χ1v) is 12.1. The Balaban J connectivity index is 1.47. The molecule has 1 N–H and O–H groups in total. The molecule has 1 saturated heterocycles. The Labute approximate surface area is 189 Å². The lowest BCUT2D eigenvalue weighted by Crippen LogP contribution is -2.28. The summed E-state index contributed by atoms with van der Waals surface area (Å²) < 4.78 is 27.0. The summed E-state index contributed by atoms with van der Waals surface area (Å²) in [5.41, 5.74) is 6.02. The number of nitrogens with one attached hydrogen (secondary N) is 1. The summed E-state index contributed by atoms with van der Waals surface area (Å²) in [6.07, 6.45) is 5.16. The number of fused-ring (bicyclic) bond motifs is 1. The zero-order valence-corrected chi connectivity index (χ0v) is 19.4. The first-order valence-electron chi connectivity index (χ1n) is 10.7. The summed E-state index contributed by atoms with van der Waals surface area (Å²) in [7, 11) is -1.56. The van der Waals surface area contributed by atoms with E-state index in [1.165, 1.54) is 22.0 Å². The van der Waals surface area contributed by atoms with Gasteiger partial charge in [0.1, 0.15) is 0 Å². The molecule has 0 unspecified atom stereocenters. The molecule has 2 heterocycles. The van der Waals surface area contributed by atoms with E-state index in [1.54, 1.807) is 18.3 Å². The number of likely N-dealkylation sites (N-methyl/N-ethyl adjacent to an activating group) is 1. The highest BCUT2D eigenvalue weighted by molar-refractivity contribution is 7.89. The SMILES string of the molecule is CN1C(=CC=NNC(=O)c2cccc(S(=O)(=O)N3CCCC3)c2)C(C)(C)c2ccccc21. The van der Waals surface area contributed by atoms with Crippen LogP contribution in [-0.4, -0.2) is 45.0 Å². The van der Waals surface area contributed by atoms with E-state index in [0.29, 0.717) is 13.1 Å². The molecule has 7 nitrogen and oxygen atoms in total. The third-order valence-corrected chi connectivity index (χ3v) is 8.11. The maximum atomic E-state index is 12.8. The third-order valence-electron chi connectivity index (χ3n) is 6.21. The van der Waals surface area contributed by atoms with Crippen molar-refractivity contribution in [3.8, 4) is 0 Å². The Morgan fingerprint density at radius 1 is 1.09 bits per heavy atom. The number of rotatable bonds is 5. The van der Waals surface area contributed by atoms with Gasteiger partial charge in [-0.3, -0.25) is 4.79 Å². The second-order valence-corrected chi connectivity index (χ2v) is 10.5. The standard InChI is InChI=1S/C24H28N4O3S/c1-24(2)20-11-4-5-12-21(20)27(3)22(24)13-14-25-26-23(29)18-9-8-10-19(17-18)32(30,31)28-15-6-7-16-28/h4-5,8-14,17H,6-7,15-16H2,1-3H3,(H,26,29). The Kier molecular flexibility index (Phi) is 5.92. The maximum absolute atomic E-state index is 12.8. The van der Waals surface area contributed by atoms with Gasteiger partial charge in [0, 0.05) is 48.7 Å². The first kappa shape index (κ1) is 22.2. The van der Waals surface area contributed by atoms with Gasteiger partial charge in [0.05, 0.1) is 4.90 Å². The summed E-state index contributed by atoms with van der Waals surface area (Å²) in [5.74, 6) is -0.458. The third kappa shape index (κ3) is 3.96. The van der Waals surface area contributed by atoms with Crippen molar-refractivity contribution in [3.63, 3.8) is 0 Å². The molecule has 8 heteroatoms. The van der Waals surface area contributed by atoms with Gasteiger partial charge < -0.3 is 4.90 Å². The number of carbonyl (C=O) groups excluding carboxylic acids is 1. The monoisotopic (exact) mass is 452 g/mol. The molecular formula is C24H28N4O3S. The van der Waals surface area contributed by atoms with Gasteiger partial charge >= 0.3 is 0 Å². The number of hydrogen-bond donors (Lipinski definition) is 1. The lowest BCUT2D eigenvalue weighted by Gasteiger charge is -2.23. The smallest absolute Gasteiger partial charge is 0.271 e. The highest BCUT2D eigenvalue weighted by Crippen LogP contribution is 2.46. The van der Waals surface area contributed by atoms with Gasteiger partial charge in [-0.25, -0.2) is 13.8 Å². The fraction of sp³-hybridized carbons (Fsp3) is 0.333. The molecule has 2 aromatic carbocycles. The van der Waals surface area contributed by atoms with Crippen LogP contribution < -0.4 is 10.3 Å². The maximum Gasteiger partial charge on any atom is 0.271 e. The van der Waals surface area contributed by atoms with Crippen LogP contribution in [0.3, 0.4) is 0 Å². The molecule has 0 atom stereocenters. The Hall–Kier alpha value is -2.97. The molecule has 32 heavy (non-hydrogen) atoms. The fourth-order valence-electron chi connectivity index (χ4n) is 4.45. The molecule has 1 fully saturated rings. The Morgan fingerprint density at radius 2 is 1.81 bits per heavy atom. The quantitative estimate of drug-likeness (QED) is 0.556. The summed E-state index contributed by atoms with van der Waals surface area (Å²) in [4.78, 5) is 14.8. The predicted octanol–water partition coefficient (Wildman–Crippen LogP) is 3.50. The zero-order chi connectivity index (χ0) is 22.9. The molecule has 2 aliphatic rings. The highest BCUT2D eigenvalue weighted by Gasteiger charge is 2.37. The number of sulfonamides is 1. The molecular weight excluding hydrogens is 424 g/mol. The number of benzene rings is 2. The van der Waals surface area contributed by atoms with Crippen molar-refractivity contribution >= 4 is 27.8 Å². The van der Waals surface area contributed by atoms with Crippen LogP contribution in [0.15, 0.2) is 70.3 Å². The number of hydrazone groups is 1. The summed E-state index contributed by atoms with van der Waals surface area (Å²) in [6.45, 7) is 5.35.